The molecule has 3 rings (SSSR count). The topological polar surface area (TPSA) is 67.2 Å². The second kappa shape index (κ2) is 5.44. The Morgan fingerprint density at radius 1 is 1.15 bits per heavy atom. The second-order valence-corrected chi connectivity index (χ2v) is 4.33. The summed E-state index contributed by atoms with van der Waals surface area (Å²) in [5, 5.41) is 5.55. The van der Waals surface area contributed by atoms with E-state index in [-0.39, 0.29) is 6.03 Å². The van der Waals surface area contributed by atoms with Crippen LogP contribution in [0.1, 0.15) is 5.56 Å². The molecule has 0 atom stereocenters. The highest BCUT2D eigenvalue weighted by atomic mass is 16.3. The van der Waals surface area contributed by atoms with E-state index in [1.807, 2.05) is 30.3 Å². The first kappa shape index (κ1) is 12.2. The number of carbonyl (C=O) groups is 1. The summed E-state index contributed by atoms with van der Waals surface area (Å²) >= 11 is 0. The van der Waals surface area contributed by atoms with Crippen molar-refractivity contribution in [1.29, 1.82) is 0 Å². The van der Waals surface area contributed by atoms with E-state index in [0.29, 0.717) is 17.8 Å². The number of nitrogens with zero attached hydrogens (tertiary/aromatic N) is 1. The molecule has 2 amide bonds. The molecule has 0 unspecified atom stereocenters. The van der Waals surface area contributed by atoms with Gasteiger partial charge in [-0.2, -0.15) is 0 Å². The predicted octanol–water partition coefficient (Wildman–Crippen LogP) is 3.15. The van der Waals surface area contributed by atoms with Gasteiger partial charge in [-0.3, -0.25) is 0 Å². The fourth-order valence-electron chi connectivity index (χ4n) is 1.89. The summed E-state index contributed by atoms with van der Waals surface area (Å²) in [4.78, 5) is 15.8. The van der Waals surface area contributed by atoms with E-state index < -0.39 is 0 Å². The molecule has 0 saturated heterocycles. The van der Waals surface area contributed by atoms with Crippen molar-refractivity contribution in [3.05, 3.63) is 60.5 Å². The zero-order valence-corrected chi connectivity index (χ0v) is 10.7. The first-order chi connectivity index (χ1) is 9.81. The number of carbonyl (C=O) groups excluding carboxylic acids is 1. The highest BCUT2D eigenvalue weighted by molar-refractivity contribution is 5.91. The van der Waals surface area contributed by atoms with Crippen molar-refractivity contribution < 1.29 is 9.21 Å². The van der Waals surface area contributed by atoms with Crippen molar-refractivity contribution in [2.45, 2.75) is 6.54 Å². The van der Waals surface area contributed by atoms with Crippen LogP contribution in [0.4, 0.5) is 10.5 Å². The number of rotatable bonds is 3. The zero-order valence-electron chi connectivity index (χ0n) is 10.7. The molecule has 5 nitrogen and oxygen atoms in total. The molecular weight excluding hydrogens is 254 g/mol. The summed E-state index contributed by atoms with van der Waals surface area (Å²) in [5.41, 5.74) is 3.12. The summed E-state index contributed by atoms with van der Waals surface area (Å²) in [6, 6.07) is 14.8. The van der Waals surface area contributed by atoms with Crippen LogP contribution in [0.3, 0.4) is 0 Å². The van der Waals surface area contributed by atoms with Crippen molar-refractivity contribution in [1.82, 2.24) is 10.3 Å². The summed E-state index contributed by atoms with van der Waals surface area (Å²) < 4.78 is 5.19. The molecule has 1 heterocycles. The number of hydrogen-bond acceptors (Lipinski definition) is 3. The minimum atomic E-state index is -0.257. The maximum absolute atomic E-state index is 11.8. The van der Waals surface area contributed by atoms with Crippen LogP contribution in [0.25, 0.3) is 11.1 Å². The molecule has 5 heteroatoms. The minimum absolute atomic E-state index is 0.257. The van der Waals surface area contributed by atoms with Gasteiger partial charge < -0.3 is 15.1 Å². The lowest BCUT2D eigenvalue weighted by Crippen LogP contribution is -2.28. The maximum Gasteiger partial charge on any atom is 0.319 e. The van der Waals surface area contributed by atoms with Crippen LogP contribution >= 0.6 is 0 Å². The minimum Gasteiger partial charge on any atom is -0.443 e. The molecule has 0 radical (unpaired) electrons. The van der Waals surface area contributed by atoms with Crippen LogP contribution in [0.2, 0.25) is 0 Å². The number of anilines is 1. The Balaban J connectivity index is 1.61. The molecule has 1 aromatic heterocycles. The van der Waals surface area contributed by atoms with E-state index in [1.54, 1.807) is 18.2 Å². The highest BCUT2D eigenvalue weighted by Gasteiger charge is 2.04. The molecule has 0 saturated carbocycles. The summed E-state index contributed by atoms with van der Waals surface area (Å²) in [6.07, 6.45) is 1.38. The highest BCUT2D eigenvalue weighted by Crippen LogP contribution is 2.17. The monoisotopic (exact) mass is 267 g/mol. The molecule has 0 aliphatic carbocycles. The average Bonchev–Trinajstić information content (AvgIpc) is 2.94. The van der Waals surface area contributed by atoms with Gasteiger partial charge in [0.15, 0.2) is 12.0 Å². The van der Waals surface area contributed by atoms with Crippen LogP contribution in [0.5, 0.6) is 0 Å². The summed E-state index contributed by atoms with van der Waals surface area (Å²) in [6.45, 7) is 0.483. The van der Waals surface area contributed by atoms with Gasteiger partial charge in [0, 0.05) is 18.3 Å². The van der Waals surface area contributed by atoms with E-state index >= 15 is 0 Å². The van der Waals surface area contributed by atoms with Crippen molar-refractivity contribution in [3.8, 4) is 0 Å². The van der Waals surface area contributed by atoms with Gasteiger partial charge in [-0.25, -0.2) is 9.78 Å². The number of urea groups is 1. The lowest BCUT2D eigenvalue weighted by molar-refractivity contribution is 0.251. The Labute approximate surface area is 115 Å². The normalized spacial score (nSPS) is 10.4. The van der Waals surface area contributed by atoms with Gasteiger partial charge in [0.1, 0.15) is 5.52 Å². The standard InChI is InChI=1S/C15H13N3O2/c19-15(16-9-11-4-2-1-3-5-11)18-12-6-7-13-14(8-12)20-10-17-13/h1-8,10H,9H2,(H2,16,18,19). The summed E-state index contributed by atoms with van der Waals surface area (Å²) in [5.74, 6) is 0. The van der Waals surface area contributed by atoms with Gasteiger partial charge in [-0.05, 0) is 17.7 Å². The molecule has 0 aliphatic heterocycles. The smallest absolute Gasteiger partial charge is 0.319 e. The Morgan fingerprint density at radius 3 is 2.85 bits per heavy atom. The van der Waals surface area contributed by atoms with Crippen LogP contribution in [-0.2, 0) is 6.54 Å². The SMILES string of the molecule is O=C(NCc1ccccc1)Nc1ccc2ncoc2c1. The lowest BCUT2D eigenvalue weighted by Gasteiger charge is -2.07. The number of hydrogen-bond donors (Lipinski definition) is 2. The fourth-order valence-corrected chi connectivity index (χ4v) is 1.89. The van der Waals surface area contributed by atoms with Crippen molar-refractivity contribution >= 4 is 22.8 Å². The van der Waals surface area contributed by atoms with Crippen LogP contribution in [0.15, 0.2) is 59.3 Å². The maximum atomic E-state index is 11.8. The quantitative estimate of drug-likeness (QED) is 0.766. The Hall–Kier alpha value is -2.82. The summed E-state index contributed by atoms with van der Waals surface area (Å²) in [7, 11) is 0. The molecule has 0 spiro atoms. The van der Waals surface area contributed by atoms with Crippen molar-refractivity contribution in [3.63, 3.8) is 0 Å². The van der Waals surface area contributed by atoms with Crippen molar-refractivity contribution in [2.75, 3.05) is 5.32 Å². The molecular formula is C15H13N3O2. The Kier molecular flexibility index (Phi) is 3.33. The van der Waals surface area contributed by atoms with Gasteiger partial charge in [0.05, 0.1) is 0 Å². The molecule has 20 heavy (non-hydrogen) atoms. The number of amides is 2. The molecule has 0 aliphatic rings. The fraction of sp³-hybridized carbons (Fsp3) is 0.0667. The van der Waals surface area contributed by atoms with Crippen LogP contribution in [0, 0.1) is 0 Å². The van der Waals surface area contributed by atoms with Gasteiger partial charge >= 0.3 is 6.03 Å². The Bertz CT molecular complexity index is 722. The van der Waals surface area contributed by atoms with Gasteiger partial charge in [0.2, 0.25) is 0 Å². The largest absolute Gasteiger partial charge is 0.443 e. The third kappa shape index (κ3) is 2.77. The van der Waals surface area contributed by atoms with E-state index in [9.17, 15) is 4.79 Å². The van der Waals surface area contributed by atoms with E-state index in [0.717, 1.165) is 11.1 Å². The average molecular weight is 267 g/mol. The zero-order chi connectivity index (χ0) is 13.8. The predicted molar refractivity (Wildman–Crippen MR) is 76.3 cm³/mol. The van der Waals surface area contributed by atoms with Gasteiger partial charge in [0.25, 0.3) is 0 Å². The van der Waals surface area contributed by atoms with E-state index in [4.69, 9.17) is 4.42 Å². The van der Waals surface area contributed by atoms with Crippen LogP contribution < -0.4 is 10.6 Å². The molecule has 0 fully saturated rings. The molecule has 0 bridgehead atoms. The third-order valence-electron chi connectivity index (χ3n) is 2.89. The first-order valence-corrected chi connectivity index (χ1v) is 6.23. The number of fused-ring (bicyclic) bond motifs is 1. The second-order valence-electron chi connectivity index (χ2n) is 4.33. The molecule has 2 N–H and O–H groups in total. The van der Waals surface area contributed by atoms with Gasteiger partial charge in [-0.15, -0.1) is 0 Å². The van der Waals surface area contributed by atoms with E-state index in [1.165, 1.54) is 6.39 Å². The molecule has 100 valence electrons. The number of nitrogens with one attached hydrogen (secondary N) is 2. The lowest BCUT2D eigenvalue weighted by atomic mass is 10.2. The van der Waals surface area contributed by atoms with Gasteiger partial charge in [-0.1, -0.05) is 30.3 Å². The number of benzene rings is 2. The molecule has 2 aromatic carbocycles. The first-order valence-electron chi connectivity index (χ1n) is 6.23. The van der Waals surface area contributed by atoms with E-state index in [2.05, 4.69) is 15.6 Å². The third-order valence-corrected chi connectivity index (χ3v) is 2.89. The number of aromatic nitrogens is 1. The Morgan fingerprint density at radius 2 is 2.00 bits per heavy atom. The number of oxazole rings is 1. The molecule has 3 aromatic rings. The van der Waals surface area contributed by atoms with Crippen molar-refractivity contribution in [2.24, 2.45) is 0 Å². The van der Waals surface area contributed by atoms with Crippen LogP contribution in [-0.4, -0.2) is 11.0 Å².